The summed E-state index contributed by atoms with van der Waals surface area (Å²) in [4.78, 5) is 11.8. The normalized spacial score (nSPS) is 10.3. The van der Waals surface area contributed by atoms with Crippen molar-refractivity contribution in [3.05, 3.63) is 40.7 Å². The molecular formula is C8H6N2O2. The Balaban J connectivity index is 3.05. The fourth-order valence-electron chi connectivity index (χ4n) is 1.10. The van der Waals surface area contributed by atoms with E-state index in [0.717, 1.165) is 6.20 Å². The number of fused-ring (bicyclic) bond motifs is 1. The second kappa shape index (κ2) is 2.34. The maximum atomic E-state index is 11.1. The van der Waals surface area contributed by atoms with Gasteiger partial charge in [-0.15, -0.1) is 9.94 Å². The van der Waals surface area contributed by atoms with Gasteiger partial charge in [0, 0.05) is 0 Å². The highest BCUT2D eigenvalue weighted by molar-refractivity contribution is 5.77. The van der Waals surface area contributed by atoms with E-state index in [1.165, 1.54) is 0 Å². The van der Waals surface area contributed by atoms with Crippen molar-refractivity contribution in [3.63, 3.8) is 0 Å². The van der Waals surface area contributed by atoms with E-state index >= 15 is 0 Å². The third kappa shape index (κ3) is 0.852. The summed E-state index contributed by atoms with van der Waals surface area (Å²) < 4.78 is 0. The summed E-state index contributed by atoms with van der Waals surface area (Å²) in [5.74, 6) is 0. The number of rotatable bonds is 0. The molecule has 60 valence electrons. The Morgan fingerprint density at radius 2 is 2.08 bits per heavy atom. The zero-order chi connectivity index (χ0) is 8.55. The first kappa shape index (κ1) is 6.84. The highest BCUT2D eigenvalue weighted by Crippen LogP contribution is 2.04. The Kier molecular flexibility index (Phi) is 1.33. The third-order valence-corrected chi connectivity index (χ3v) is 1.67. The minimum absolute atomic E-state index is 0.184. The van der Waals surface area contributed by atoms with Gasteiger partial charge >= 0.3 is 0 Å². The van der Waals surface area contributed by atoms with E-state index in [1.807, 2.05) is 0 Å². The van der Waals surface area contributed by atoms with Gasteiger partial charge in [-0.1, -0.05) is 12.1 Å². The summed E-state index contributed by atoms with van der Waals surface area (Å²) in [6.45, 7) is 0. The Labute approximate surface area is 67.6 Å². The average molecular weight is 162 g/mol. The molecule has 1 aromatic carbocycles. The Morgan fingerprint density at radius 1 is 1.33 bits per heavy atom. The first-order valence-electron chi connectivity index (χ1n) is 3.45. The number of aromatic nitrogens is 2. The number of nitrogens with zero attached hydrogens (tertiary/aromatic N) is 2. The first-order chi connectivity index (χ1) is 5.79. The summed E-state index contributed by atoms with van der Waals surface area (Å²) in [5, 5.41) is 13.1. The average Bonchev–Trinajstić information content (AvgIpc) is 2.12. The Hall–Kier alpha value is -1.84. The van der Waals surface area contributed by atoms with Crippen LogP contribution in [-0.4, -0.2) is 15.2 Å². The molecule has 0 saturated carbocycles. The zero-order valence-electron chi connectivity index (χ0n) is 6.14. The van der Waals surface area contributed by atoms with Gasteiger partial charge in [0.15, 0.2) is 0 Å². The van der Waals surface area contributed by atoms with Crippen molar-refractivity contribution < 1.29 is 5.21 Å². The van der Waals surface area contributed by atoms with Gasteiger partial charge in [-0.3, -0.25) is 4.79 Å². The van der Waals surface area contributed by atoms with E-state index in [-0.39, 0.29) is 5.43 Å². The van der Waals surface area contributed by atoms with Crippen LogP contribution in [0, 0.1) is 0 Å². The van der Waals surface area contributed by atoms with Crippen LogP contribution in [0.15, 0.2) is 35.3 Å². The van der Waals surface area contributed by atoms with Crippen molar-refractivity contribution in [2.24, 2.45) is 0 Å². The van der Waals surface area contributed by atoms with Gasteiger partial charge < -0.3 is 5.21 Å². The molecule has 4 heteroatoms. The molecule has 0 aliphatic heterocycles. The lowest BCUT2D eigenvalue weighted by molar-refractivity contribution is 0.157. The maximum Gasteiger partial charge on any atom is 0.208 e. The number of hydrogen-bond donors (Lipinski definition) is 1. The van der Waals surface area contributed by atoms with Crippen molar-refractivity contribution in [1.29, 1.82) is 0 Å². The van der Waals surface area contributed by atoms with Crippen LogP contribution in [-0.2, 0) is 0 Å². The van der Waals surface area contributed by atoms with Crippen LogP contribution in [0.2, 0.25) is 0 Å². The fraction of sp³-hybridized carbons (Fsp3) is 0. The van der Waals surface area contributed by atoms with Crippen LogP contribution < -0.4 is 5.43 Å². The molecule has 0 spiro atoms. The molecule has 12 heavy (non-hydrogen) atoms. The molecule has 0 saturated heterocycles. The second-order valence-corrected chi connectivity index (χ2v) is 2.42. The molecule has 2 aromatic rings. The molecule has 0 bridgehead atoms. The van der Waals surface area contributed by atoms with E-state index < -0.39 is 0 Å². The lowest BCUT2D eigenvalue weighted by atomic mass is 10.2. The monoisotopic (exact) mass is 162 g/mol. The van der Waals surface area contributed by atoms with Crippen LogP contribution in [0.25, 0.3) is 10.9 Å². The van der Waals surface area contributed by atoms with E-state index in [0.29, 0.717) is 15.7 Å². The van der Waals surface area contributed by atoms with Gasteiger partial charge in [0.2, 0.25) is 5.43 Å². The summed E-state index contributed by atoms with van der Waals surface area (Å²) >= 11 is 0. The quantitative estimate of drug-likeness (QED) is 0.578. The van der Waals surface area contributed by atoms with Gasteiger partial charge in [0.1, 0.15) is 5.52 Å². The Morgan fingerprint density at radius 3 is 2.83 bits per heavy atom. The SMILES string of the molecule is O=c1cnn(O)c2ccccc12. The molecule has 1 aromatic heterocycles. The van der Waals surface area contributed by atoms with E-state index in [4.69, 9.17) is 5.21 Å². The van der Waals surface area contributed by atoms with Gasteiger partial charge in [-0.05, 0) is 12.1 Å². The molecule has 0 unspecified atom stereocenters. The third-order valence-electron chi connectivity index (χ3n) is 1.67. The van der Waals surface area contributed by atoms with E-state index in [9.17, 15) is 4.79 Å². The molecule has 0 aliphatic carbocycles. The zero-order valence-corrected chi connectivity index (χ0v) is 6.14. The summed E-state index contributed by atoms with van der Waals surface area (Å²) in [7, 11) is 0. The summed E-state index contributed by atoms with van der Waals surface area (Å²) in [6.07, 6.45) is 1.09. The van der Waals surface area contributed by atoms with Gasteiger partial charge in [0.05, 0.1) is 11.6 Å². The molecule has 0 aliphatic rings. The first-order valence-corrected chi connectivity index (χ1v) is 3.45. The molecule has 1 N–H and O–H groups in total. The lowest BCUT2D eigenvalue weighted by Gasteiger charge is -1.98. The molecule has 0 radical (unpaired) electrons. The summed E-state index contributed by atoms with van der Waals surface area (Å²) in [5.41, 5.74) is 0.237. The van der Waals surface area contributed by atoms with Crippen molar-refractivity contribution in [2.75, 3.05) is 0 Å². The fourth-order valence-corrected chi connectivity index (χ4v) is 1.10. The highest BCUT2D eigenvalue weighted by Gasteiger charge is 1.99. The van der Waals surface area contributed by atoms with Crippen molar-refractivity contribution in [2.45, 2.75) is 0 Å². The van der Waals surface area contributed by atoms with E-state index in [2.05, 4.69) is 5.10 Å². The van der Waals surface area contributed by atoms with Gasteiger partial charge in [-0.2, -0.15) is 0 Å². The molecule has 2 rings (SSSR count). The van der Waals surface area contributed by atoms with Gasteiger partial charge in [0.25, 0.3) is 0 Å². The minimum atomic E-state index is -0.184. The van der Waals surface area contributed by atoms with Crippen LogP contribution in [0.4, 0.5) is 0 Å². The van der Waals surface area contributed by atoms with Crippen molar-refractivity contribution in [1.82, 2.24) is 9.94 Å². The predicted octanol–water partition coefficient (Wildman–Crippen LogP) is 0.634. The Bertz CT molecular complexity index is 476. The topological polar surface area (TPSA) is 55.1 Å². The lowest BCUT2D eigenvalue weighted by Crippen LogP contribution is -2.09. The van der Waals surface area contributed by atoms with Crippen molar-refractivity contribution >= 4 is 10.9 Å². The molecule has 0 atom stereocenters. The molecule has 0 fully saturated rings. The molecule has 0 amide bonds. The summed E-state index contributed by atoms with van der Waals surface area (Å²) in [6, 6.07) is 6.75. The largest absolute Gasteiger partial charge is 0.411 e. The molecule has 1 heterocycles. The van der Waals surface area contributed by atoms with E-state index in [1.54, 1.807) is 24.3 Å². The number of para-hydroxylation sites is 1. The maximum absolute atomic E-state index is 11.1. The van der Waals surface area contributed by atoms with Gasteiger partial charge in [-0.25, -0.2) is 0 Å². The second-order valence-electron chi connectivity index (χ2n) is 2.42. The van der Waals surface area contributed by atoms with Crippen LogP contribution >= 0.6 is 0 Å². The number of hydrogen-bond acceptors (Lipinski definition) is 3. The standard InChI is InChI=1S/C8H6N2O2/c11-8-5-9-10(12)7-4-2-1-3-6(7)8/h1-5,12H. The minimum Gasteiger partial charge on any atom is -0.411 e. The van der Waals surface area contributed by atoms with Crippen LogP contribution in [0.3, 0.4) is 0 Å². The smallest absolute Gasteiger partial charge is 0.208 e. The van der Waals surface area contributed by atoms with Crippen LogP contribution in [0.5, 0.6) is 0 Å². The molecular weight excluding hydrogens is 156 g/mol. The van der Waals surface area contributed by atoms with Crippen molar-refractivity contribution in [3.8, 4) is 0 Å². The number of benzene rings is 1. The predicted molar refractivity (Wildman–Crippen MR) is 43.2 cm³/mol. The van der Waals surface area contributed by atoms with Crippen LogP contribution in [0.1, 0.15) is 0 Å². The molecule has 4 nitrogen and oxygen atoms in total. The highest BCUT2D eigenvalue weighted by atomic mass is 16.5.